The topological polar surface area (TPSA) is 38.3 Å². The first kappa shape index (κ1) is 12.9. The maximum absolute atomic E-state index is 11.6. The molecule has 0 bridgehead atoms. The standard InChI is InChI=1S/C15H21NO2/c1-3-14(18-15(17)16-13-8-9-13)10-12-7-5-4-6-11(12)2/h4-7,13-14H,3,8-10H2,1-2H3,(H,16,17). The second-order valence-electron chi connectivity index (χ2n) is 4.98. The number of amides is 1. The molecule has 0 aromatic heterocycles. The van der Waals surface area contributed by atoms with Crippen molar-refractivity contribution in [2.24, 2.45) is 0 Å². The number of hydrogen-bond donors (Lipinski definition) is 1. The van der Waals surface area contributed by atoms with Gasteiger partial charge in [-0.15, -0.1) is 0 Å². The number of carbonyl (C=O) groups excluding carboxylic acids is 1. The van der Waals surface area contributed by atoms with Crippen molar-refractivity contribution < 1.29 is 9.53 Å². The minimum Gasteiger partial charge on any atom is -0.446 e. The summed E-state index contributed by atoms with van der Waals surface area (Å²) in [6.45, 7) is 4.14. The van der Waals surface area contributed by atoms with Gasteiger partial charge in [0, 0.05) is 12.5 Å². The van der Waals surface area contributed by atoms with E-state index in [4.69, 9.17) is 4.74 Å². The molecule has 2 rings (SSSR count). The molecule has 0 heterocycles. The molecule has 1 aliphatic rings. The Kier molecular flexibility index (Phi) is 4.24. The van der Waals surface area contributed by atoms with E-state index in [-0.39, 0.29) is 12.2 Å². The van der Waals surface area contributed by atoms with E-state index in [1.54, 1.807) is 0 Å². The summed E-state index contributed by atoms with van der Waals surface area (Å²) in [6, 6.07) is 8.60. The number of benzene rings is 1. The molecule has 1 amide bonds. The molecule has 1 N–H and O–H groups in total. The summed E-state index contributed by atoms with van der Waals surface area (Å²) in [4.78, 5) is 11.6. The van der Waals surface area contributed by atoms with Gasteiger partial charge in [0.05, 0.1) is 0 Å². The molecule has 3 heteroatoms. The van der Waals surface area contributed by atoms with Crippen LogP contribution in [-0.2, 0) is 11.2 Å². The molecule has 98 valence electrons. The monoisotopic (exact) mass is 247 g/mol. The Morgan fingerprint density at radius 3 is 2.78 bits per heavy atom. The average molecular weight is 247 g/mol. The largest absolute Gasteiger partial charge is 0.446 e. The van der Waals surface area contributed by atoms with E-state index in [0.29, 0.717) is 6.04 Å². The van der Waals surface area contributed by atoms with Crippen molar-refractivity contribution >= 4 is 6.09 Å². The van der Waals surface area contributed by atoms with Crippen LogP contribution in [0.5, 0.6) is 0 Å². The highest BCUT2D eigenvalue weighted by Gasteiger charge is 2.25. The van der Waals surface area contributed by atoms with Crippen LogP contribution in [0.15, 0.2) is 24.3 Å². The van der Waals surface area contributed by atoms with Crippen molar-refractivity contribution in [1.29, 1.82) is 0 Å². The Morgan fingerprint density at radius 1 is 1.44 bits per heavy atom. The third-order valence-corrected chi connectivity index (χ3v) is 3.34. The summed E-state index contributed by atoms with van der Waals surface area (Å²) in [7, 11) is 0. The quantitative estimate of drug-likeness (QED) is 0.867. The van der Waals surface area contributed by atoms with Crippen molar-refractivity contribution in [2.75, 3.05) is 0 Å². The van der Waals surface area contributed by atoms with Crippen LogP contribution in [0.1, 0.15) is 37.3 Å². The number of ether oxygens (including phenoxy) is 1. The molecule has 0 spiro atoms. The van der Waals surface area contributed by atoms with Crippen molar-refractivity contribution in [1.82, 2.24) is 5.32 Å². The predicted molar refractivity (Wildman–Crippen MR) is 71.6 cm³/mol. The number of rotatable bonds is 5. The number of carbonyl (C=O) groups is 1. The number of alkyl carbamates (subject to hydrolysis) is 1. The van der Waals surface area contributed by atoms with Crippen LogP contribution in [0.2, 0.25) is 0 Å². The summed E-state index contributed by atoms with van der Waals surface area (Å²) in [5, 5.41) is 2.86. The zero-order valence-electron chi connectivity index (χ0n) is 11.1. The normalized spacial score (nSPS) is 16.1. The summed E-state index contributed by atoms with van der Waals surface area (Å²) >= 11 is 0. The first-order valence-corrected chi connectivity index (χ1v) is 6.70. The molecule has 1 aromatic rings. The first-order chi connectivity index (χ1) is 8.69. The molecule has 0 radical (unpaired) electrons. The molecule has 1 fully saturated rings. The molecule has 1 atom stereocenters. The SMILES string of the molecule is CCC(Cc1ccccc1C)OC(=O)NC1CC1. The van der Waals surface area contributed by atoms with E-state index in [0.717, 1.165) is 25.7 Å². The number of aryl methyl sites for hydroxylation is 1. The summed E-state index contributed by atoms with van der Waals surface area (Å²) < 4.78 is 5.46. The lowest BCUT2D eigenvalue weighted by atomic mass is 10.0. The molecule has 0 saturated heterocycles. The predicted octanol–water partition coefficient (Wildman–Crippen LogP) is 3.20. The van der Waals surface area contributed by atoms with Crippen molar-refractivity contribution in [3.05, 3.63) is 35.4 Å². The summed E-state index contributed by atoms with van der Waals surface area (Å²) in [6.07, 6.45) is 3.50. The Labute approximate surface area is 109 Å². The second-order valence-corrected chi connectivity index (χ2v) is 4.98. The fourth-order valence-corrected chi connectivity index (χ4v) is 1.93. The smallest absolute Gasteiger partial charge is 0.407 e. The van der Waals surface area contributed by atoms with E-state index >= 15 is 0 Å². The Morgan fingerprint density at radius 2 is 2.17 bits per heavy atom. The van der Waals surface area contributed by atoms with Crippen LogP contribution < -0.4 is 5.32 Å². The molecule has 0 aliphatic heterocycles. The van der Waals surface area contributed by atoms with Gasteiger partial charge in [0.15, 0.2) is 0 Å². The van der Waals surface area contributed by atoms with Crippen LogP contribution >= 0.6 is 0 Å². The fraction of sp³-hybridized carbons (Fsp3) is 0.533. The van der Waals surface area contributed by atoms with Gasteiger partial charge in [0.2, 0.25) is 0 Å². The van der Waals surface area contributed by atoms with Crippen LogP contribution in [0, 0.1) is 6.92 Å². The Balaban J connectivity index is 1.88. The number of hydrogen-bond acceptors (Lipinski definition) is 2. The van der Waals surface area contributed by atoms with E-state index in [2.05, 4.69) is 24.4 Å². The van der Waals surface area contributed by atoms with Gasteiger partial charge in [-0.2, -0.15) is 0 Å². The lowest BCUT2D eigenvalue weighted by molar-refractivity contribution is 0.0947. The van der Waals surface area contributed by atoms with Crippen LogP contribution in [-0.4, -0.2) is 18.2 Å². The Hall–Kier alpha value is -1.51. The zero-order valence-corrected chi connectivity index (χ0v) is 11.1. The van der Waals surface area contributed by atoms with Crippen LogP contribution in [0.25, 0.3) is 0 Å². The van der Waals surface area contributed by atoms with Gasteiger partial charge >= 0.3 is 6.09 Å². The molecule has 1 unspecified atom stereocenters. The van der Waals surface area contributed by atoms with Gasteiger partial charge in [0.25, 0.3) is 0 Å². The average Bonchev–Trinajstić information content (AvgIpc) is 3.14. The highest BCUT2D eigenvalue weighted by molar-refractivity contribution is 5.68. The fourth-order valence-electron chi connectivity index (χ4n) is 1.93. The van der Waals surface area contributed by atoms with Crippen LogP contribution in [0.4, 0.5) is 4.79 Å². The van der Waals surface area contributed by atoms with Gasteiger partial charge in [-0.1, -0.05) is 31.2 Å². The lowest BCUT2D eigenvalue weighted by Gasteiger charge is -2.17. The highest BCUT2D eigenvalue weighted by atomic mass is 16.6. The van der Waals surface area contributed by atoms with Gasteiger partial charge in [0.1, 0.15) is 6.10 Å². The van der Waals surface area contributed by atoms with E-state index in [1.165, 1.54) is 11.1 Å². The van der Waals surface area contributed by atoms with Gasteiger partial charge < -0.3 is 10.1 Å². The molecule has 18 heavy (non-hydrogen) atoms. The van der Waals surface area contributed by atoms with Crippen molar-refractivity contribution in [2.45, 2.75) is 51.7 Å². The molecular formula is C15H21NO2. The Bertz CT molecular complexity index is 413. The van der Waals surface area contributed by atoms with Gasteiger partial charge in [-0.25, -0.2) is 4.79 Å². The molecule has 3 nitrogen and oxygen atoms in total. The third kappa shape index (κ3) is 3.76. The van der Waals surface area contributed by atoms with Crippen molar-refractivity contribution in [3.63, 3.8) is 0 Å². The van der Waals surface area contributed by atoms with Gasteiger partial charge in [-0.05, 0) is 37.3 Å². The second kappa shape index (κ2) is 5.89. The van der Waals surface area contributed by atoms with Crippen molar-refractivity contribution in [3.8, 4) is 0 Å². The summed E-state index contributed by atoms with van der Waals surface area (Å²) in [5.74, 6) is 0. The minimum atomic E-state index is -0.266. The maximum atomic E-state index is 11.6. The van der Waals surface area contributed by atoms with Crippen LogP contribution in [0.3, 0.4) is 0 Å². The van der Waals surface area contributed by atoms with E-state index in [9.17, 15) is 4.79 Å². The molecular weight excluding hydrogens is 226 g/mol. The van der Waals surface area contributed by atoms with E-state index in [1.807, 2.05) is 19.1 Å². The van der Waals surface area contributed by atoms with E-state index < -0.39 is 0 Å². The minimum absolute atomic E-state index is 0.0372. The molecule has 1 saturated carbocycles. The molecule has 1 aromatic carbocycles. The number of nitrogens with one attached hydrogen (secondary N) is 1. The van der Waals surface area contributed by atoms with Gasteiger partial charge in [-0.3, -0.25) is 0 Å². The summed E-state index contributed by atoms with van der Waals surface area (Å²) in [5.41, 5.74) is 2.51. The third-order valence-electron chi connectivity index (χ3n) is 3.34. The highest BCUT2D eigenvalue weighted by Crippen LogP contribution is 2.19. The maximum Gasteiger partial charge on any atom is 0.407 e. The molecule has 1 aliphatic carbocycles. The lowest BCUT2D eigenvalue weighted by Crippen LogP contribution is -2.31. The zero-order chi connectivity index (χ0) is 13.0. The first-order valence-electron chi connectivity index (χ1n) is 6.70.